The Bertz CT molecular complexity index is 1650. The molecule has 0 aliphatic carbocycles. The number of rotatable bonds is 13. The molecule has 17 nitrogen and oxygen atoms in total. The molecule has 4 rings (SSSR count). The standard InChI is InChI=1S/C34H38O17/c1-46-32(45)21-15-49-33(19(8-10-35)20(21)14-28(41)47-11-9-18-3-6-23(37)25(39)13-18)51-34-31(44)30(43)29(42)26(50-34)16-48-27(40)7-4-17-2-5-22(36)24(38)12-17/h2-8,12-13,15,20,26,29-31,33-39,42-44H,9-11,14,16H2,1H3/t20-,26+,29+,30-,31+,33-,34-/m0/s1. The largest absolute Gasteiger partial charge is 0.504 e. The number of methoxy groups -OCH3 is 1. The van der Waals surface area contributed by atoms with Crippen LogP contribution in [0.2, 0.25) is 0 Å². The summed E-state index contributed by atoms with van der Waals surface area (Å²) in [5.41, 5.74) is 0.796. The van der Waals surface area contributed by atoms with E-state index in [1.54, 1.807) is 0 Å². The third kappa shape index (κ3) is 9.97. The van der Waals surface area contributed by atoms with Gasteiger partial charge in [0.25, 0.3) is 0 Å². The number of hydrogen-bond acceptors (Lipinski definition) is 17. The topological polar surface area (TPSA) is 268 Å². The van der Waals surface area contributed by atoms with Crippen molar-refractivity contribution in [2.75, 3.05) is 26.9 Å². The van der Waals surface area contributed by atoms with Crippen LogP contribution in [0.15, 0.2) is 66.0 Å². The fourth-order valence-electron chi connectivity index (χ4n) is 5.17. The molecule has 0 amide bonds. The molecule has 51 heavy (non-hydrogen) atoms. The van der Waals surface area contributed by atoms with Crippen LogP contribution < -0.4 is 0 Å². The van der Waals surface area contributed by atoms with E-state index in [4.69, 9.17) is 28.4 Å². The van der Waals surface area contributed by atoms with Gasteiger partial charge in [-0.1, -0.05) is 18.2 Å². The van der Waals surface area contributed by atoms with Crippen molar-refractivity contribution in [3.63, 3.8) is 0 Å². The summed E-state index contributed by atoms with van der Waals surface area (Å²) in [6, 6.07) is 7.94. The lowest BCUT2D eigenvalue weighted by atomic mass is 9.86. The van der Waals surface area contributed by atoms with Gasteiger partial charge in [-0.15, -0.1) is 0 Å². The first-order valence-corrected chi connectivity index (χ1v) is 15.5. The molecule has 2 aromatic carbocycles. The van der Waals surface area contributed by atoms with Crippen molar-refractivity contribution >= 4 is 24.0 Å². The minimum absolute atomic E-state index is 0.0191. The molecular weight excluding hydrogens is 680 g/mol. The Morgan fingerprint density at radius 2 is 1.59 bits per heavy atom. The molecule has 2 aromatic rings. The van der Waals surface area contributed by atoms with Crippen LogP contribution in [0.3, 0.4) is 0 Å². The molecule has 2 aliphatic heterocycles. The average molecular weight is 719 g/mol. The number of hydrogen-bond donors (Lipinski definition) is 8. The lowest BCUT2D eigenvalue weighted by Gasteiger charge is -2.42. The third-order valence-corrected chi connectivity index (χ3v) is 7.91. The Kier molecular flexibility index (Phi) is 13.4. The van der Waals surface area contributed by atoms with Gasteiger partial charge in [-0.25, -0.2) is 9.59 Å². The van der Waals surface area contributed by atoms with Crippen molar-refractivity contribution in [3.8, 4) is 23.0 Å². The Labute approximate surface area is 290 Å². The number of carbonyl (C=O) groups excluding carboxylic acids is 3. The predicted octanol–water partition coefficient (Wildman–Crippen LogP) is 0.0137. The molecule has 2 aliphatic rings. The molecule has 2 heterocycles. The van der Waals surface area contributed by atoms with Crippen molar-refractivity contribution in [2.24, 2.45) is 5.92 Å². The number of phenols is 4. The van der Waals surface area contributed by atoms with Crippen LogP contribution in [0.4, 0.5) is 0 Å². The van der Waals surface area contributed by atoms with Crippen molar-refractivity contribution in [1.82, 2.24) is 0 Å². The first-order chi connectivity index (χ1) is 24.3. The molecule has 0 bridgehead atoms. The Morgan fingerprint density at radius 3 is 2.25 bits per heavy atom. The van der Waals surface area contributed by atoms with Gasteiger partial charge in [0.15, 0.2) is 29.3 Å². The lowest BCUT2D eigenvalue weighted by Crippen LogP contribution is -2.60. The number of carbonyl (C=O) groups is 3. The molecule has 17 heteroatoms. The number of phenolic OH excluding ortho intramolecular Hbond substituents is 4. The highest BCUT2D eigenvalue weighted by Crippen LogP contribution is 2.36. The quantitative estimate of drug-likeness (QED) is 0.0446. The van der Waals surface area contributed by atoms with Gasteiger partial charge in [-0.3, -0.25) is 4.79 Å². The fourth-order valence-corrected chi connectivity index (χ4v) is 5.17. The maximum atomic E-state index is 12.9. The van der Waals surface area contributed by atoms with Gasteiger partial charge < -0.3 is 69.3 Å². The van der Waals surface area contributed by atoms with Crippen molar-refractivity contribution < 1.29 is 83.7 Å². The summed E-state index contributed by atoms with van der Waals surface area (Å²) in [4.78, 5) is 37.9. The fraction of sp³-hybridized carbons (Fsp3) is 0.382. The van der Waals surface area contributed by atoms with Crippen molar-refractivity contribution in [1.29, 1.82) is 0 Å². The lowest BCUT2D eigenvalue weighted by molar-refractivity contribution is -0.328. The van der Waals surface area contributed by atoms with E-state index in [-0.39, 0.29) is 41.4 Å². The monoisotopic (exact) mass is 718 g/mol. The highest BCUT2D eigenvalue weighted by molar-refractivity contribution is 5.91. The third-order valence-electron chi connectivity index (χ3n) is 7.91. The van der Waals surface area contributed by atoms with Gasteiger partial charge in [0.05, 0.1) is 38.6 Å². The van der Waals surface area contributed by atoms with Gasteiger partial charge in [0, 0.05) is 24.0 Å². The highest BCUT2D eigenvalue weighted by atomic mass is 16.8. The van der Waals surface area contributed by atoms with Gasteiger partial charge in [0.1, 0.15) is 31.0 Å². The predicted molar refractivity (Wildman–Crippen MR) is 170 cm³/mol. The molecule has 0 radical (unpaired) electrons. The molecule has 1 saturated heterocycles. The summed E-state index contributed by atoms with van der Waals surface area (Å²) < 4.78 is 32.2. The molecule has 0 spiro atoms. The van der Waals surface area contributed by atoms with Crippen LogP contribution in [0, 0.1) is 5.92 Å². The average Bonchev–Trinajstić information content (AvgIpc) is 3.10. The molecule has 0 unspecified atom stereocenters. The highest BCUT2D eigenvalue weighted by Gasteiger charge is 2.47. The first kappa shape index (κ1) is 38.6. The van der Waals surface area contributed by atoms with Gasteiger partial charge in [0.2, 0.25) is 6.29 Å². The maximum absolute atomic E-state index is 12.9. The molecule has 276 valence electrons. The smallest absolute Gasteiger partial charge is 0.337 e. The van der Waals surface area contributed by atoms with E-state index in [2.05, 4.69) is 0 Å². The maximum Gasteiger partial charge on any atom is 0.337 e. The van der Waals surface area contributed by atoms with E-state index in [0.717, 1.165) is 19.4 Å². The molecule has 0 aromatic heterocycles. The molecule has 1 fully saturated rings. The second-order valence-electron chi connectivity index (χ2n) is 11.3. The normalized spacial score (nSPS) is 25.5. The second kappa shape index (κ2) is 17.7. The summed E-state index contributed by atoms with van der Waals surface area (Å²) in [5.74, 6) is -5.12. The SMILES string of the molecule is COC(=O)C1=CO[C@@H](O[C@@H]2O[C@H](COC(=O)C=Cc3ccc(O)c(O)c3)[C@@H](O)[C@H](O)[C@H]2O)C(=CCO)[C@@H]1CC(=O)OCCc1ccc(O)c(O)c1. The number of aromatic hydroxyl groups is 4. The van der Waals surface area contributed by atoms with Crippen LogP contribution in [0.5, 0.6) is 23.0 Å². The zero-order chi connectivity index (χ0) is 37.2. The zero-order valence-corrected chi connectivity index (χ0v) is 27.1. The minimum atomic E-state index is -1.87. The summed E-state index contributed by atoms with van der Waals surface area (Å²) in [6.45, 7) is -1.37. The van der Waals surface area contributed by atoms with Gasteiger partial charge in [-0.2, -0.15) is 0 Å². The van der Waals surface area contributed by atoms with E-state index in [0.29, 0.717) is 11.1 Å². The van der Waals surface area contributed by atoms with Crippen LogP contribution in [-0.2, 0) is 49.2 Å². The molecule has 0 saturated carbocycles. The molecular formula is C34H38O17. The summed E-state index contributed by atoms with van der Waals surface area (Å²) >= 11 is 0. The van der Waals surface area contributed by atoms with Crippen molar-refractivity contribution in [3.05, 3.63) is 77.1 Å². The number of aliphatic hydroxyl groups is 4. The summed E-state index contributed by atoms with van der Waals surface area (Å²) in [7, 11) is 1.10. The number of esters is 3. The van der Waals surface area contributed by atoms with E-state index in [1.165, 1.54) is 48.6 Å². The number of ether oxygens (including phenoxy) is 6. The van der Waals surface area contributed by atoms with Gasteiger partial charge in [-0.05, 0) is 41.5 Å². The Morgan fingerprint density at radius 1 is 0.882 bits per heavy atom. The summed E-state index contributed by atoms with van der Waals surface area (Å²) in [6.07, 6.45) is -6.04. The summed E-state index contributed by atoms with van der Waals surface area (Å²) in [5, 5.41) is 79.7. The van der Waals surface area contributed by atoms with E-state index >= 15 is 0 Å². The minimum Gasteiger partial charge on any atom is -0.504 e. The van der Waals surface area contributed by atoms with Gasteiger partial charge >= 0.3 is 17.9 Å². The zero-order valence-electron chi connectivity index (χ0n) is 27.1. The van der Waals surface area contributed by atoms with Crippen LogP contribution in [0.25, 0.3) is 6.08 Å². The van der Waals surface area contributed by atoms with Crippen LogP contribution in [0.1, 0.15) is 17.5 Å². The van der Waals surface area contributed by atoms with E-state index in [1.807, 2.05) is 0 Å². The van der Waals surface area contributed by atoms with Crippen LogP contribution >= 0.6 is 0 Å². The number of benzene rings is 2. The first-order valence-electron chi connectivity index (χ1n) is 15.5. The molecule has 7 atom stereocenters. The Hall–Kier alpha value is -5.17. The second-order valence-corrected chi connectivity index (χ2v) is 11.3. The van der Waals surface area contributed by atoms with E-state index in [9.17, 15) is 55.2 Å². The van der Waals surface area contributed by atoms with Crippen molar-refractivity contribution in [2.45, 2.75) is 49.8 Å². The molecule has 8 N–H and O–H groups in total. The number of aliphatic hydroxyl groups excluding tert-OH is 4. The van der Waals surface area contributed by atoms with Crippen LogP contribution in [-0.4, -0.2) is 123 Å². The van der Waals surface area contributed by atoms with E-state index < -0.39 is 86.2 Å². The Balaban J connectivity index is 1.43.